The normalized spacial score (nSPS) is 14.2. The van der Waals surface area contributed by atoms with Crippen LogP contribution < -0.4 is 19.1 Å². The number of ether oxygens (including phenoxy) is 2. The second-order valence-electron chi connectivity index (χ2n) is 7.25. The molecular weight excluding hydrogens is 392 g/mol. The lowest BCUT2D eigenvalue weighted by atomic mass is 10.1. The molecule has 29 heavy (non-hydrogen) atoms. The molecule has 1 aliphatic rings. The van der Waals surface area contributed by atoms with Crippen LogP contribution in [0.1, 0.15) is 29.7 Å². The summed E-state index contributed by atoms with van der Waals surface area (Å²) in [6, 6.07) is 10.6. The third-order valence-corrected chi connectivity index (χ3v) is 5.88. The first-order chi connectivity index (χ1) is 13.6. The molecule has 2 aromatic carbocycles. The average Bonchev–Trinajstić information content (AvgIpc) is 2.65. The molecule has 0 fully saturated rings. The molecule has 0 spiro atoms. The summed E-state index contributed by atoms with van der Waals surface area (Å²) >= 11 is 0. The second kappa shape index (κ2) is 8.32. The minimum absolute atomic E-state index is 0.294. The number of aryl methyl sites for hydroxylation is 2. The molecule has 1 heterocycles. The monoisotopic (exact) mass is 418 g/mol. The highest BCUT2D eigenvalue weighted by atomic mass is 32.2. The summed E-state index contributed by atoms with van der Waals surface area (Å²) in [5.74, 6) is 0.928. The van der Waals surface area contributed by atoms with Crippen LogP contribution in [0.15, 0.2) is 36.4 Å². The number of anilines is 1. The summed E-state index contributed by atoms with van der Waals surface area (Å²) in [7, 11) is -3.62. The first-order valence-electron chi connectivity index (χ1n) is 9.39. The Morgan fingerprint density at radius 2 is 1.79 bits per heavy atom. The Labute approximate surface area is 171 Å². The summed E-state index contributed by atoms with van der Waals surface area (Å²) in [5.41, 5.74) is 3.17. The number of sulfonamides is 1. The number of carbonyl (C=O) groups excluding carboxylic acids is 1. The van der Waals surface area contributed by atoms with Crippen molar-refractivity contribution in [2.45, 2.75) is 26.8 Å². The lowest BCUT2D eigenvalue weighted by molar-refractivity contribution is -0.120. The van der Waals surface area contributed by atoms with Crippen molar-refractivity contribution in [3.8, 4) is 11.5 Å². The van der Waals surface area contributed by atoms with Crippen LogP contribution >= 0.6 is 0 Å². The number of nitrogens with one attached hydrogen (secondary N) is 1. The van der Waals surface area contributed by atoms with Gasteiger partial charge in [-0.25, -0.2) is 8.42 Å². The lowest BCUT2D eigenvalue weighted by Gasteiger charge is -2.25. The predicted molar refractivity (Wildman–Crippen MR) is 112 cm³/mol. The van der Waals surface area contributed by atoms with Crippen molar-refractivity contribution in [3.05, 3.63) is 53.1 Å². The van der Waals surface area contributed by atoms with Crippen LogP contribution in [0.2, 0.25) is 0 Å². The van der Waals surface area contributed by atoms with Gasteiger partial charge in [0.1, 0.15) is 19.8 Å². The summed E-state index contributed by atoms with van der Waals surface area (Å²) < 4.78 is 36.9. The Morgan fingerprint density at radius 1 is 1.10 bits per heavy atom. The number of benzene rings is 2. The lowest BCUT2D eigenvalue weighted by Crippen LogP contribution is -2.41. The molecular formula is C21H26N2O5S. The summed E-state index contributed by atoms with van der Waals surface area (Å²) in [4.78, 5) is 12.7. The largest absolute Gasteiger partial charge is 0.486 e. The van der Waals surface area contributed by atoms with Crippen molar-refractivity contribution < 1.29 is 22.7 Å². The first-order valence-corrected chi connectivity index (χ1v) is 11.2. The van der Waals surface area contributed by atoms with E-state index in [1.807, 2.05) is 51.1 Å². The number of hydrogen-bond donors (Lipinski definition) is 1. The van der Waals surface area contributed by atoms with E-state index in [1.54, 1.807) is 6.07 Å². The van der Waals surface area contributed by atoms with E-state index in [4.69, 9.17) is 9.47 Å². The first kappa shape index (κ1) is 21.0. The molecule has 156 valence electrons. The molecule has 0 radical (unpaired) electrons. The van der Waals surface area contributed by atoms with Gasteiger partial charge in [-0.15, -0.1) is 0 Å². The van der Waals surface area contributed by atoms with Crippen LogP contribution in [0.25, 0.3) is 0 Å². The van der Waals surface area contributed by atoms with Crippen molar-refractivity contribution in [2.75, 3.05) is 30.3 Å². The van der Waals surface area contributed by atoms with E-state index in [1.165, 1.54) is 0 Å². The zero-order valence-electron chi connectivity index (χ0n) is 17.1. The SMILES string of the molecule is Cc1ccc(N(CC(=O)NC(C)c2ccc3c(c2)OCCO3)S(C)(=O)=O)c(C)c1. The maximum atomic E-state index is 12.7. The topological polar surface area (TPSA) is 84.9 Å². The van der Waals surface area contributed by atoms with Crippen LogP contribution in [-0.2, 0) is 14.8 Å². The smallest absolute Gasteiger partial charge is 0.241 e. The van der Waals surface area contributed by atoms with Crippen LogP contribution in [0.3, 0.4) is 0 Å². The third-order valence-electron chi connectivity index (χ3n) is 4.75. The fourth-order valence-electron chi connectivity index (χ4n) is 3.30. The fourth-order valence-corrected chi connectivity index (χ4v) is 4.21. The van der Waals surface area contributed by atoms with Gasteiger partial charge in [-0.1, -0.05) is 23.8 Å². The van der Waals surface area contributed by atoms with Gasteiger partial charge < -0.3 is 14.8 Å². The minimum Gasteiger partial charge on any atom is -0.486 e. The van der Waals surface area contributed by atoms with E-state index in [9.17, 15) is 13.2 Å². The van der Waals surface area contributed by atoms with E-state index in [0.717, 1.165) is 27.3 Å². The second-order valence-corrected chi connectivity index (χ2v) is 9.16. The maximum absolute atomic E-state index is 12.7. The van der Waals surface area contributed by atoms with E-state index in [-0.39, 0.29) is 12.6 Å². The Kier molecular flexibility index (Phi) is 6.02. The number of hydrogen-bond acceptors (Lipinski definition) is 5. The van der Waals surface area contributed by atoms with Gasteiger partial charge in [0, 0.05) is 0 Å². The van der Waals surface area contributed by atoms with Crippen LogP contribution in [0, 0.1) is 13.8 Å². The molecule has 7 nitrogen and oxygen atoms in total. The Bertz CT molecular complexity index is 1020. The molecule has 8 heteroatoms. The minimum atomic E-state index is -3.62. The predicted octanol–water partition coefficient (Wildman–Crippen LogP) is 2.72. The fraction of sp³-hybridized carbons (Fsp3) is 0.381. The third kappa shape index (κ3) is 5.00. The summed E-state index contributed by atoms with van der Waals surface area (Å²) in [6.45, 7) is 6.30. The average molecular weight is 419 g/mol. The van der Waals surface area contributed by atoms with Gasteiger partial charge in [-0.2, -0.15) is 0 Å². The molecule has 1 atom stereocenters. The van der Waals surface area contributed by atoms with Crippen molar-refractivity contribution in [2.24, 2.45) is 0 Å². The highest BCUT2D eigenvalue weighted by Gasteiger charge is 2.23. The zero-order chi connectivity index (χ0) is 21.2. The van der Waals surface area contributed by atoms with Gasteiger partial charge in [-0.05, 0) is 50.1 Å². The van der Waals surface area contributed by atoms with Gasteiger partial charge in [0.25, 0.3) is 0 Å². The van der Waals surface area contributed by atoms with Crippen molar-refractivity contribution in [1.29, 1.82) is 0 Å². The van der Waals surface area contributed by atoms with E-state index in [0.29, 0.717) is 30.4 Å². The molecule has 1 N–H and O–H groups in total. The Hall–Kier alpha value is -2.74. The molecule has 0 saturated heterocycles. The van der Waals surface area contributed by atoms with Crippen LogP contribution in [0.4, 0.5) is 5.69 Å². The Morgan fingerprint density at radius 3 is 2.45 bits per heavy atom. The van der Waals surface area contributed by atoms with E-state index < -0.39 is 15.9 Å². The van der Waals surface area contributed by atoms with E-state index >= 15 is 0 Å². The number of fused-ring (bicyclic) bond motifs is 1. The van der Waals surface area contributed by atoms with Gasteiger partial charge in [0.05, 0.1) is 18.0 Å². The summed E-state index contributed by atoms with van der Waals surface area (Å²) in [5, 5.41) is 2.86. The molecule has 0 aromatic heterocycles. The van der Waals surface area contributed by atoms with Gasteiger partial charge in [-0.3, -0.25) is 9.10 Å². The molecule has 0 saturated carbocycles. The van der Waals surface area contributed by atoms with Gasteiger partial charge in [0.2, 0.25) is 15.9 Å². The van der Waals surface area contributed by atoms with Gasteiger partial charge >= 0.3 is 0 Å². The number of amides is 1. The highest BCUT2D eigenvalue weighted by molar-refractivity contribution is 7.92. The molecule has 0 aliphatic carbocycles. The van der Waals surface area contributed by atoms with E-state index in [2.05, 4.69) is 5.32 Å². The number of rotatable bonds is 6. The van der Waals surface area contributed by atoms with Crippen molar-refractivity contribution in [3.63, 3.8) is 0 Å². The molecule has 0 bridgehead atoms. The molecule has 1 unspecified atom stereocenters. The molecule has 2 aromatic rings. The van der Waals surface area contributed by atoms with Gasteiger partial charge in [0.15, 0.2) is 11.5 Å². The van der Waals surface area contributed by atoms with Crippen molar-refractivity contribution in [1.82, 2.24) is 5.32 Å². The van der Waals surface area contributed by atoms with Crippen molar-refractivity contribution >= 4 is 21.6 Å². The number of carbonyl (C=O) groups is 1. The quantitative estimate of drug-likeness (QED) is 0.780. The highest BCUT2D eigenvalue weighted by Crippen LogP contribution is 2.32. The zero-order valence-corrected chi connectivity index (χ0v) is 17.9. The number of nitrogens with zero attached hydrogens (tertiary/aromatic N) is 1. The van der Waals surface area contributed by atoms with Crippen LogP contribution in [-0.4, -0.2) is 40.3 Å². The molecule has 1 amide bonds. The standard InChI is InChI=1S/C21H26N2O5S/c1-14-5-7-18(15(2)11-14)23(29(4,25)26)13-21(24)22-16(3)17-6-8-19-20(12-17)28-10-9-27-19/h5-8,11-12,16H,9-10,13H2,1-4H3,(H,22,24). The molecule has 1 aliphatic heterocycles. The Balaban J connectivity index is 1.75. The van der Waals surface area contributed by atoms with Crippen LogP contribution in [0.5, 0.6) is 11.5 Å². The molecule has 3 rings (SSSR count). The summed E-state index contributed by atoms with van der Waals surface area (Å²) in [6.07, 6.45) is 1.10. The maximum Gasteiger partial charge on any atom is 0.241 e.